The Bertz CT molecular complexity index is 671. The highest BCUT2D eigenvalue weighted by atomic mass is 35.5. The van der Waals surface area contributed by atoms with E-state index in [0.717, 1.165) is 43.4 Å². The maximum atomic E-state index is 5.59. The minimum absolute atomic E-state index is 0. The molecule has 0 aromatic carbocycles. The van der Waals surface area contributed by atoms with Crippen molar-refractivity contribution in [1.82, 2.24) is 20.4 Å². The van der Waals surface area contributed by atoms with Crippen LogP contribution in [-0.2, 0) is 12.8 Å². The highest BCUT2D eigenvalue weighted by Gasteiger charge is 2.27. The Labute approximate surface area is 146 Å². The summed E-state index contributed by atoms with van der Waals surface area (Å²) in [6.45, 7) is 5.25. The zero-order chi connectivity index (χ0) is 15.1. The number of hydrogen-bond acceptors (Lipinski definition) is 6. The van der Waals surface area contributed by atoms with Gasteiger partial charge in [-0.2, -0.15) is 4.98 Å². The second kappa shape index (κ2) is 6.89. The molecule has 126 valence electrons. The van der Waals surface area contributed by atoms with E-state index in [1.165, 1.54) is 23.3 Å². The van der Waals surface area contributed by atoms with Crippen molar-refractivity contribution in [3.8, 4) is 11.5 Å². The molecule has 0 amide bonds. The fourth-order valence-corrected chi connectivity index (χ4v) is 4.67. The molecule has 2 atom stereocenters. The van der Waals surface area contributed by atoms with Gasteiger partial charge in [0.2, 0.25) is 0 Å². The van der Waals surface area contributed by atoms with Crippen LogP contribution in [0, 0.1) is 5.92 Å². The molecule has 1 aliphatic heterocycles. The molecule has 2 aromatic heterocycles. The van der Waals surface area contributed by atoms with E-state index in [-0.39, 0.29) is 18.4 Å². The monoisotopic (exact) mass is 354 g/mol. The van der Waals surface area contributed by atoms with E-state index < -0.39 is 0 Å². The average molecular weight is 355 g/mol. The van der Waals surface area contributed by atoms with Crippen molar-refractivity contribution in [2.75, 3.05) is 26.7 Å². The minimum atomic E-state index is 0. The summed E-state index contributed by atoms with van der Waals surface area (Å²) >= 11 is 1.85. The van der Waals surface area contributed by atoms with Gasteiger partial charge in [-0.15, -0.1) is 23.7 Å². The Balaban J connectivity index is 0.00000156. The van der Waals surface area contributed by atoms with E-state index in [9.17, 15) is 0 Å². The van der Waals surface area contributed by atoms with Crippen molar-refractivity contribution in [2.45, 2.75) is 32.2 Å². The van der Waals surface area contributed by atoms with Gasteiger partial charge >= 0.3 is 0 Å². The summed E-state index contributed by atoms with van der Waals surface area (Å²) in [4.78, 5) is 8.49. The van der Waals surface area contributed by atoms with Gasteiger partial charge in [-0.25, -0.2) is 0 Å². The Morgan fingerprint density at radius 1 is 1.43 bits per heavy atom. The first kappa shape index (κ1) is 16.9. The SMILES string of the molecule is CC1CCc2c(-c3nc(C4CNCCN4C)no3)csc2C1.Cl. The first-order valence-electron chi connectivity index (χ1n) is 8.06. The third-order valence-electron chi connectivity index (χ3n) is 4.88. The largest absolute Gasteiger partial charge is 0.334 e. The molecule has 1 aliphatic carbocycles. The predicted molar refractivity (Wildman–Crippen MR) is 94.3 cm³/mol. The molecular weight excluding hydrogens is 332 g/mol. The van der Waals surface area contributed by atoms with Crippen LogP contribution < -0.4 is 5.32 Å². The molecule has 0 bridgehead atoms. The lowest BCUT2D eigenvalue weighted by molar-refractivity contribution is 0.190. The number of aromatic nitrogens is 2. The minimum Gasteiger partial charge on any atom is -0.334 e. The van der Waals surface area contributed by atoms with Crippen LogP contribution in [-0.4, -0.2) is 41.7 Å². The lowest BCUT2D eigenvalue weighted by Crippen LogP contribution is -2.44. The predicted octanol–water partition coefficient (Wildman–Crippen LogP) is 2.92. The topological polar surface area (TPSA) is 54.2 Å². The number of halogens is 1. The number of thiophene rings is 1. The first-order valence-corrected chi connectivity index (χ1v) is 8.94. The molecule has 5 nitrogen and oxygen atoms in total. The molecule has 0 spiro atoms. The van der Waals surface area contributed by atoms with Gasteiger partial charge in [0.1, 0.15) is 0 Å². The number of likely N-dealkylation sites (N-methyl/N-ethyl adjacent to an activating group) is 1. The van der Waals surface area contributed by atoms with Crippen molar-refractivity contribution in [2.24, 2.45) is 5.92 Å². The fraction of sp³-hybridized carbons (Fsp3) is 0.625. The van der Waals surface area contributed by atoms with Crippen LogP contribution in [0.25, 0.3) is 11.5 Å². The van der Waals surface area contributed by atoms with E-state index in [0.29, 0.717) is 5.89 Å². The van der Waals surface area contributed by atoms with Gasteiger partial charge in [0.15, 0.2) is 5.82 Å². The summed E-state index contributed by atoms with van der Waals surface area (Å²) in [5.41, 5.74) is 2.60. The maximum Gasteiger partial charge on any atom is 0.259 e. The fourth-order valence-electron chi connectivity index (χ4n) is 3.43. The standard InChI is InChI=1S/C16H22N4OS.ClH/c1-10-3-4-11-12(9-22-14(11)7-10)16-18-15(19-21-16)13-8-17-5-6-20(13)2;/h9-10,13,17H,3-8H2,1-2H3;1H. The molecule has 1 saturated heterocycles. The number of hydrogen-bond donors (Lipinski definition) is 1. The Morgan fingerprint density at radius 3 is 3.13 bits per heavy atom. The van der Waals surface area contributed by atoms with Crippen LogP contribution in [0.15, 0.2) is 9.90 Å². The number of piperazine rings is 1. The van der Waals surface area contributed by atoms with E-state index in [2.05, 4.69) is 34.7 Å². The lowest BCUT2D eigenvalue weighted by atomic mass is 9.88. The maximum absolute atomic E-state index is 5.59. The molecule has 0 radical (unpaired) electrons. The van der Waals surface area contributed by atoms with Crippen molar-refractivity contribution in [1.29, 1.82) is 0 Å². The second-order valence-corrected chi connectivity index (χ2v) is 7.52. The van der Waals surface area contributed by atoms with Crippen LogP contribution in [0.2, 0.25) is 0 Å². The third-order valence-corrected chi connectivity index (χ3v) is 5.93. The van der Waals surface area contributed by atoms with Crippen molar-refractivity contribution < 1.29 is 4.52 Å². The van der Waals surface area contributed by atoms with Crippen molar-refractivity contribution in [3.63, 3.8) is 0 Å². The summed E-state index contributed by atoms with van der Waals surface area (Å²) in [5.74, 6) is 2.29. The van der Waals surface area contributed by atoms with Gasteiger partial charge in [-0.3, -0.25) is 4.90 Å². The van der Waals surface area contributed by atoms with Crippen LogP contribution in [0.3, 0.4) is 0 Å². The molecule has 1 N–H and O–H groups in total. The van der Waals surface area contributed by atoms with Gasteiger partial charge in [0.25, 0.3) is 5.89 Å². The Kier molecular flexibility index (Phi) is 5.06. The Morgan fingerprint density at radius 2 is 2.30 bits per heavy atom. The highest BCUT2D eigenvalue weighted by molar-refractivity contribution is 7.10. The van der Waals surface area contributed by atoms with Gasteiger partial charge < -0.3 is 9.84 Å². The van der Waals surface area contributed by atoms with Crippen LogP contribution in [0.5, 0.6) is 0 Å². The number of nitrogens with zero attached hydrogens (tertiary/aromatic N) is 3. The molecule has 4 rings (SSSR count). The second-order valence-electron chi connectivity index (χ2n) is 6.56. The smallest absolute Gasteiger partial charge is 0.259 e. The molecular formula is C16H23ClN4OS. The van der Waals surface area contributed by atoms with E-state index in [4.69, 9.17) is 9.51 Å². The van der Waals surface area contributed by atoms with Gasteiger partial charge in [-0.1, -0.05) is 12.1 Å². The molecule has 2 unspecified atom stereocenters. The number of fused-ring (bicyclic) bond motifs is 1. The molecule has 0 saturated carbocycles. The zero-order valence-corrected chi connectivity index (χ0v) is 15.2. The van der Waals surface area contributed by atoms with E-state index >= 15 is 0 Å². The Hall–Kier alpha value is -0.950. The van der Waals surface area contributed by atoms with Crippen molar-refractivity contribution in [3.05, 3.63) is 21.6 Å². The normalized spacial score (nSPS) is 25.0. The first-order chi connectivity index (χ1) is 10.7. The van der Waals surface area contributed by atoms with Gasteiger partial charge in [0, 0.05) is 29.9 Å². The number of rotatable bonds is 2. The molecule has 2 aromatic rings. The van der Waals surface area contributed by atoms with E-state index in [1.807, 2.05) is 11.3 Å². The van der Waals surface area contributed by atoms with Crippen LogP contribution in [0.4, 0.5) is 0 Å². The van der Waals surface area contributed by atoms with Gasteiger partial charge in [-0.05, 0) is 37.8 Å². The molecule has 3 heterocycles. The van der Waals surface area contributed by atoms with Gasteiger partial charge in [0.05, 0.1) is 11.6 Å². The summed E-state index contributed by atoms with van der Waals surface area (Å²) < 4.78 is 5.59. The highest BCUT2D eigenvalue weighted by Crippen LogP contribution is 2.37. The van der Waals surface area contributed by atoms with Crippen LogP contribution >= 0.6 is 23.7 Å². The summed E-state index contributed by atoms with van der Waals surface area (Å²) in [5, 5.41) is 9.85. The van der Waals surface area contributed by atoms with E-state index in [1.54, 1.807) is 0 Å². The summed E-state index contributed by atoms with van der Waals surface area (Å²) in [6.07, 6.45) is 3.58. The lowest BCUT2D eigenvalue weighted by Gasteiger charge is -2.30. The molecule has 2 aliphatic rings. The van der Waals surface area contributed by atoms with Crippen LogP contribution in [0.1, 0.15) is 35.7 Å². The van der Waals surface area contributed by atoms with Crippen molar-refractivity contribution >= 4 is 23.7 Å². The summed E-state index contributed by atoms with van der Waals surface area (Å²) in [7, 11) is 2.12. The third kappa shape index (κ3) is 3.18. The molecule has 7 heteroatoms. The molecule has 23 heavy (non-hydrogen) atoms. The number of nitrogens with one attached hydrogen (secondary N) is 1. The average Bonchev–Trinajstić information content (AvgIpc) is 3.13. The molecule has 1 fully saturated rings. The zero-order valence-electron chi connectivity index (χ0n) is 13.5. The summed E-state index contributed by atoms with van der Waals surface area (Å²) in [6, 6.07) is 0.209. The quantitative estimate of drug-likeness (QED) is 0.898.